The van der Waals surface area contributed by atoms with Crippen LogP contribution in [0, 0.1) is 5.92 Å². The first kappa shape index (κ1) is 16.3. The minimum absolute atomic E-state index is 0.0788. The number of rotatable bonds is 5. The van der Waals surface area contributed by atoms with Crippen molar-refractivity contribution in [1.82, 2.24) is 14.8 Å². The topological polar surface area (TPSA) is 49.6 Å². The van der Waals surface area contributed by atoms with E-state index in [0.717, 1.165) is 43.7 Å². The predicted octanol–water partition coefficient (Wildman–Crippen LogP) is 3.32. The lowest BCUT2D eigenvalue weighted by molar-refractivity contribution is 0.0758. The maximum Gasteiger partial charge on any atom is 0.257 e. The molecule has 5 nitrogen and oxygen atoms in total. The van der Waals surface area contributed by atoms with Crippen LogP contribution in [0.2, 0.25) is 0 Å². The van der Waals surface area contributed by atoms with Crippen LogP contribution in [0.25, 0.3) is 0 Å². The van der Waals surface area contributed by atoms with Crippen LogP contribution in [0.3, 0.4) is 0 Å². The number of hydrogen-bond donors (Lipinski definition) is 0. The molecule has 2 atom stereocenters. The number of furan rings is 1. The molecule has 25 heavy (non-hydrogen) atoms. The Morgan fingerprint density at radius 1 is 1.36 bits per heavy atom. The molecule has 5 heteroatoms. The summed E-state index contributed by atoms with van der Waals surface area (Å²) < 4.78 is 5.57. The number of carbonyl (C=O) groups is 1. The zero-order chi connectivity index (χ0) is 17.4. The van der Waals surface area contributed by atoms with Gasteiger partial charge in [-0.3, -0.25) is 14.7 Å². The zero-order valence-corrected chi connectivity index (χ0v) is 14.9. The molecule has 0 aromatic carbocycles. The van der Waals surface area contributed by atoms with Crippen molar-refractivity contribution in [2.45, 2.75) is 31.2 Å². The third kappa shape index (κ3) is 3.21. The molecule has 2 aromatic rings. The molecule has 0 radical (unpaired) electrons. The van der Waals surface area contributed by atoms with Crippen molar-refractivity contribution in [2.24, 2.45) is 5.92 Å². The van der Waals surface area contributed by atoms with Gasteiger partial charge in [-0.05, 0) is 56.5 Å². The van der Waals surface area contributed by atoms with E-state index >= 15 is 0 Å². The Hall–Kier alpha value is -2.14. The van der Waals surface area contributed by atoms with Crippen LogP contribution >= 0.6 is 0 Å². The number of carbonyl (C=O) groups excluding carboxylic acids is 1. The van der Waals surface area contributed by atoms with Crippen LogP contribution in [0.15, 0.2) is 41.3 Å². The van der Waals surface area contributed by atoms with E-state index in [4.69, 9.17) is 4.42 Å². The number of aromatic nitrogens is 1. The number of pyridine rings is 1. The molecule has 0 N–H and O–H groups in total. The van der Waals surface area contributed by atoms with Gasteiger partial charge in [-0.15, -0.1) is 0 Å². The van der Waals surface area contributed by atoms with E-state index in [1.807, 2.05) is 30.3 Å². The van der Waals surface area contributed by atoms with Gasteiger partial charge in [-0.25, -0.2) is 0 Å². The van der Waals surface area contributed by atoms with Gasteiger partial charge in [0.1, 0.15) is 5.76 Å². The molecule has 0 unspecified atom stereocenters. The third-order valence-corrected chi connectivity index (χ3v) is 5.53. The highest BCUT2D eigenvalue weighted by Gasteiger charge is 2.36. The van der Waals surface area contributed by atoms with Crippen LogP contribution in [-0.2, 0) is 0 Å². The Morgan fingerprint density at radius 3 is 2.92 bits per heavy atom. The van der Waals surface area contributed by atoms with E-state index in [1.54, 1.807) is 12.5 Å². The van der Waals surface area contributed by atoms with Gasteiger partial charge in [0.2, 0.25) is 0 Å². The summed E-state index contributed by atoms with van der Waals surface area (Å²) in [5, 5.41) is 0. The smallest absolute Gasteiger partial charge is 0.257 e. The van der Waals surface area contributed by atoms with E-state index in [9.17, 15) is 4.79 Å². The summed E-state index contributed by atoms with van der Waals surface area (Å²) in [4.78, 5) is 21.4. The number of amides is 1. The Morgan fingerprint density at radius 2 is 2.20 bits per heavy atom. The lowest BCUT2D eigenvalue weighted by Crippen LogP contribution is -2.34. The summed E-state index contributed by atoms with van der Waals surface area (Å²) in [6.45, 7) is 1.79. The van der Waals surface area contributed by atoms with Crippen molar-refractivity contribution in [1.29, 1.82) is 0 Å². The fraction of sp³-hybridized carbons (Fsp3) is 0.500. The van der Waals surface area contributed by atoms with Gasteiger partial charge in [-0.2, -0.15) is 0 Å². The van der Waals surface area contributed by atoms with E-state index in [1.165, 1.54) is 5.56 Å². The first-order chi connectivity index (χ1) is 12.1. The zero-order valence-electron chi connectivity index (χ0n) is 14.9. The second kappa shape index (κ2) is 6.64. The van der Waals surface area contributed by atoms with Crippen molar-refractivity contribution in [3.63, 3.8) is 0 Å². The summed E-state index contributed by atoms with van der Waals surface area (Å²) in [5.41, 5.74) is 1.98. The number of hydrogen-bond acceptors (Lipinski definition) is 4. The monoisotopic (exact) mass is 339 g/mol. The van der Waals surface area contributed by atoms with Gasteiger partial charge in [-0.1, -0.05) is 6.07 Å². The fourth-order valence-corrected chi connectivity index (χ4v) is 4.09. The maximum atomic E-state index is 12.9. The molecule has 2 fully saturated rings. The normalized spacial score (nSPS) is 23.8. The van der Waals surface area contributed by atoms with Crippen LogP contribution < -0.4 is 0 Å². The molecule has 1 saturated heterocycles. The SMILES string of the molecule is CN(C[C@@H]1CCN(C)[C@H]1c1cccnc1)C(=O)c1ccoc1C1CC1. The highest BCUT2D eigenvalue weighted by molar-refractivity contribution is 5.95. The summed E-state index contributed by atoms with van der Waals surface area (Å²) >= 11 is 0. The minimum atomic E-state index is 0.0788. The van der Waals surface area contributed by atoms with Crippen LogP contribution in [0.4, 0.5) is 0 Å². The first-order valence-corrected chi connectivity index (χ1v) is 9.08. The van der Waals surface area contributed by atoms with Gasteiger partial charge in [0.05, 0.1) is 11.8 Å². The van der Waals surface area contributed by atoms with E-state index in [0.29, 0.717) is 17.9 Å². The standard InChI is InChI=1S/C20H25N3O2/c1-22-10-7-16(18(22)15-4-3-9-21-12-15)13-23(2)20(24)17-8-11-25-19(17)14-5-6-14/h3-4,8-9,11-12,14,16,18H,5-7,10,13H2,1-2H3/t16-,18-/m0/s1. The highest BCUT2D eigenvalue weighted by Crippen LogP contribution is 2.42. The van der Waals surface area contributed by atoms with Gasteiger partial charge in [0.25, 0.3) is 5.91 Å². The summed E-state index contributed by atoms with van der Waals surface area (Å²) in [6.07, 6.45) is 8.76. The molecule has 2 aliphatic rings. The average Bonchev–Trinajstić information content (AvgIpc) is 3.24. The summed E-state index contributed by atoms with van der Waals surface area (Å²) in [7, 11) is 4.06. The largest absolute Gasteiger partial charge is 0.468 e. The van der Waals surface area contributed by atoms with Crippen molar-refractivity contribution in [3.05, 3.63) is 53.7 Å². The average molecular weight is 339 g/mol. The molecule has 3 heterocycles. The van der Waals surface area contributed by atoms with Crippen LogP contribution in [0.5, 0.6) is 0 Å². The molecule has 0 bridgehead atoms. The van der Waals surface area contributed by atoms with Crippen molar-refractivity contribution in [2.75, 3.05) is 27.2 Å². The van der Waals surface area contributed by atoms with Gasteiger partial charge < -0.3 is 9.32 Å². The molecule has 1 amide bonds. The molecule has 4 rings (SSSR count). The molecule has 1 saturated carbocycles. The van der Waals surface area contributed by atoms with E-state index < -0.39 is 0 Å². The summed E-state index contributed by atoms with van der Waals surface area (Å²) in [5.74, 6) is 1.82. The predicted molar refractivity (Wildman–Crippen MR) is 95.4 cm³/mol. The van der Waals surface area contributed by atoms with Crippen LogP contribution in [0.1, 0.15) is 52.9 Å². The minimum Gasteiger partial charge on any atom is -0.468 e. The van der Waals surface area contributed by atoms with Crippen molar-refractivity contribution in [3.8, 4) is 0 Å². The third-order valence-electron chi connectivity index (χ3n) is 5.53. The maximum absolute atomic E-state index is 12.9. The Labute approximate surface area is 148 Å². The highest BCUT2D eigenvalue weighted by atomic mass is 16.3. The molecule has 1 aliphatic carbocycles. The first-order valence-electron chi connectivity index (χ1n) is 9.08. The molecule has 0 spiro atoms. The Kier molecular flexibility index (Phi) is 4.34. The Bertz CT molecular complexity index is 738. The molecule has 132 valence electrons. The summed E-state index contributed by atoms with van der Waals surface area (Å²) in [6, 6.07) is 6.26. The molecular formula is C20H25N3O2. The number of likely N-dealkylation sites (tertiary alicyclic amines) is 1. The number of nitrogens with zero attached hydrogens (tertiary/aromatic N) is 3. The van der Waals surface area contributed by atoms with Gasteiger partial charge in [0.15, 0.2) is 0 Å². The Balaban J connectivity index is 1.48. The second-order valence-corrected chi connectivity index (χ2v) is 7.42. The second-order valence-electron chi connectivity index (χ2n) is 7.42. The fourth-order valence-electron chi connectivity index (χ4n) is 4.09. The van der Waals surface area contributed by atoms with Gasteiger partial charge >= 0.3 is 0 Å². The molecule has 1 aliphatic heterocycles. The quantitative estimate of drug-likeness (QED) is 0.838. The van der Waals surface area contributed by atoms with E-state index in [-0.39, 0.29) is 5.91 Å². The van der Waals surface area contributed by atoms with Crippen molar-refractivity contribution < 1.29 is 9.21 Å². The van der Waals surface area contributed by atoms with Gasteiger partial charge in [0, 0.05) is 37.9 Å². The van der Waals surface area contributed by atoms with E-state index in [2.05, 4.69) is 23.0 Å². The van der Waals surface area contributed by atoms with Crippen LogP contribution in [-0.4, -0.2) is 47.9 Å². The molecular weight excluding hydrogens is 314 g/mol. The lowest BCUT2D eigenvalue weighted by Gasteiger charge is -2.28. The lowest BCUT2D eigenvalue weighted by atomic mass is 9.94. The van der Waals surface area contributed by atoms with Crippen molar-refractivity contribution >= 4 is 5.91 Å². The molecule has 2 aromatic heterocycles.